The molecule has 2 heterocycles. The van der Waals surface area contributed by atoms with Crippen LogP contribution >= 0.6 is 0 Å². The molecule has 32 heavy (non-hydrogen) atoms. The fraction of sp³-hybridized carbons (Fsp3) is 0.400. The topological polar surface area (TPSA) is 60.3 Å². The van der Waals surface area contributed by atoms with Crippen molar-refractivity contribution >= 4 is 6.21 Å². The van der Waals surface area contributed by atoms with Crippen LogP contribution in [0.15, 0.2) is 65.8 Å². The molecule has 3 atom stereocenters. The van der Waals surface area contributed by atoms with Gasteiger partial charge in [-0.15, -0.1) is 0 Å². The van der Waals surface area contributed by atoms with Crippen molar-refractivity contribution in [2.24, 2.45) is 4.99 Å². The van der Waals surface area contributed by atoms with E-state index in [0.29, 0.717) is 24.6 Å². The number of aliphatic imine (C=N–C) groups is 1. The Morgan fingerprint density at radius 2 is 1.81 bits per heavy atom. The van der Waals surface area contributed by atoms with E-state index in [1.54, 1.807) is 30.6 Å². The summed E-state index contributed by atoms with van der Waals surface area (Å²) in [6.07, 6.45) is 8.12. The second kappa shape index (κ2) is 9.40. The van der Waals surface area contributed by atoms with Gasteiger partial charge in [-0.05, 0) is 60.7 Å². The lowest BCUT2D eigenvalue weighted by Gasteiger charge is -2.38. The van der Waals surface area contributed by atoms with Crippen molar-refractivity contribution < 1.29 is 14.3 Å². The highest BCUT2D eigenvalue weighted by Crippen LogP contribution is 2.42. The number of likely N-dealkylation sites (tertiary alicyclic amines) is 1. The Bertz CT molecular complexity index is 955. The molecule has 2 N–H and O–H groups in total. The predicted octanol–water partition coefficient (Wildman–Crippen LogP) is 3.89. The fourth-order valence-corrected chi connectivity index (χ4v) is 4.57. The van der Waals surface area contributed by atoms with Crippen molar-refractivity contribution in [3.63, 3.8) is 0 Å². The maximum Gasteiger partial charge on any atom is 0.201 e. The van der Waals surface area contributed by atoms with E-state index in [9.17, 15) is 9.60 Å². The number of nitrogens with zero attached hydrogens (tertiary/aromatic N) is 3. The number of allylic oxidation sites excluding steroid dienone is 1. The molecule has 0 spiro atoms. The molecule has 5 rings (SSSR count). The lowest BCUT2D eigenvalue weighted by atomic mass is 10.0. The van der Waals surface area contributed by atoms with Crippen molar-refractivity contribution in [3.8, 4) is 5.75 Å². The van der Waals surface area contributed by atoms with Crippen LogP contribution in [-0.4, -0.2) is 52.8 Å². The number of hydrogen-bond donors (Lipinski definition) is 2. The summed E-state index contributed by atoms with van der Waals surface area (Å²) in [7, 11) is 0. The maximum atomic E-state index is 13.0. The van der Waals surface area contributed by atoms with Gasteiger partial charge in [0.25, 0.3) is 0 Å². The summed E-state index contributed by atoms with van der Waals surface area (Å²) in [6.45, 7) is 2.27. The van der Waals surface area contributed by atoms with Gasteiger partial charge in [-0.2, -0.15) is 0 Å². The minimum atomic E-state index is -0.293. The molecule has 2 aliphatic heterocycles. The molecule has 0 radical (unpaired) electrons. The molecule has 0 amide bonds. The standard InChI is InChI=1S/C25H29FN4O2/c26-20-6-2-18(3-7-20)17-32-22-8-4-19(5-9-22)23-16-24(23)28-21-10-14-29(15-11-21)25-27-12-1-13-30(25)31/h1-9,12-13,21,23-25,28,31H,10-11,14-17H2. The largest absolute Gasteiger partial charge is 0.489 e. The second-order valence-corrected chi connectivity index (χ2v) is 8.78. The average molecular weight is 437 g/mol. The number of ether oxygens (including phenoxy) is 1. The first-order valence-corrected chi connectivity index (χ1v) is 11.3. The number of rotatable bonds is 7. The van der Waals surface area contributed by atoms with Crippen molar-refractivity contribution in [1.29, 1.82) is 0 Å². The van der Waals surface area contributed by atoms with E-state index in [-0.39, 0.29) is 12.1 Å². The molecule has 2 fully saturated rings. The number of hydrogen-bond acceptors (Lipinski definition) is 6. The van der Waals surface area contributed by atoms with Gasteiger partial charge < -0.3 is 10.1 Å². The van der Waals surface area contributed by atoms with E-state index in [2.05, 4.69) is 27.3 Å². The Labute approximate surface area is 188 Å². The Balaban J connectivity index is 1.06. The molecule has 1 saturated carbocycles. The van der Waals surface area contributed by atoms with E-state index in [0.717, 1.165) is 43.7 Å². The van der Waals surface area contributed by atoms with E-state index in [1.807, 2.05) is 12.1 Å². The van der Waals surface area contributed by atoms with Crippen LogP contribution in [0.2, 0.25) is 0 Å². The first kappa shape index (κ1) is 21.1. The van der Waals surface area contributed by atoms with Gasteiger partial charge >= 0.3 is 0 Å². The van der Waals surface area contributed by atoms with Crippen molar-refractivity contribution in [2.75, 3.05) is 13.1 Å². The monoisotopic (exact) mass is 436 g/mol. The van der Waals surface area contributed by atoms with E-state index < -0.39 is 0 Å². The second-order valence-electron chi connectivity index (χ2n) is 8.78. The highest BCUT2D eigenvalue weighted by atomic mass is 19.1. The van der Waals surface area contributed by atoms with Gasteiger partial charge in [0.1, 0.15) is 18.2 Å². The lowest BCUT2D eigenvalue weighted by molar-refractivity contribution is -0.134. The summed E-state index contributed by atoms with van der Waals surface area (Å²) in [5, 5.41) is 15.0. The Hall–Kier alpha value is -2.74. The molecule has 6 nitrogen and oxygen atoms in total. The number of piperidine rings is 1. The van der Waals surface area contributed by atoms with E-state index in [4.69, 9.17) is 4.74 Å². The van der Waals surface area contributed by atoms with Gasteiger partial charge in [0.15, 0.2) is 0 Å². The number of nitrogens with one attached hydrogen (secondary N) is 1. The molecule has 3 aliphatic rings. The molecular weight excluding hydrogens is 407 g/mol. The number of hydroxylamine groups is 2. The minimum absolute atomic E-state index is 0.233. The molecule has 2 aromatic rings. The van der Waals surface area contributed by atoms with Gasteiger partial charge in [-0.3, -0.25) is 15.1 Å². The molecule has 0 aromatic heterocycles. The van der Waals surface area contributed by atoms with Gasteiger partial charge in [-0.1, -0.05) is 24.3 Å². The summed E-state index contributed by atoms with van der Waals surface area (Å²) >= 11 is 0. The van der Waals surface area contributed by atoms with Gasteiger partial charge in [-0.25, -0.2) is 9.45 Å². The molecule has 3 unspecified atom stereocenters. The van der Waals surface area contributed by atoms with Crippen molar-refractivity contribution in [1.82, 2.24) is 15.3 Å². The van der Waals surface area contributed by atoms with Gasteiger partial charge in [0.2, 0.25) is 6.29 Å². The quantitative estimate of drug-likeness (QED) is 0.690. The third kappa shape index (κ3) is 5.01. The van der Waals surface area contributed by atoms with Crippen LogP contribution in [0.25, 0.3) is 0 Å². The molecule has 7 heteroatoms. The van der Waals surface area contributed by atoms with Gasteiger partial charge in [0, 0.05) is 43.5 Å². The highest BCUT2D eigenvalue weighted by Gasteiger charge is 2.40. The molecule has 1 aliphatic carbocycles. The summed E-state index contributed by atoms with van der Waals surface area (Å²) < 4.78 is 18.8. The molecule has 0 bridgehead atoms. The summed E-state index contributed by atoms with van der Waals surface area (Å²) in [4.78, 5) is 6.58. The van der Waals surface area contributed by atoms with Crippen LogP contribution in [-0.2, 0) is 6.61 Å². The molecule has 2 aromatic carbocycles. The third-order valence-electron chi connectivity index (χ3n) is 6.50. The smallest absolute Gasteiger partial charge is 0.201 e. The van der Waals surface area contributed by atoms with Gasteiger partial charge in [0.05, 0.1) is 0 Å². The Morgan fingerprint density at radius 1 is 1.06 bits per heavy atom. The Morgan fingerprint density at radius 3 is 2.53 bits per heavy atom. The van der Waals surface area contributed by atoms with Crippen LogP contribution in [0.3, 0.4) is 0 Å². The zero-order valence-electron chi connectivity index (χ0n) is 18.0. The SMILES string of the molecule is ON1C=CC=NC1N1CCC(NC2CC2c2ccc(OCc3ccc(F)cc3)cc2)CC1. The van der Waals surface area contributed by atoms with E-state index >= 15 is 0 Å². The number of benzene rings is 2. The fourth-order valence-electron chi connectivity index (χ4n) is 4.57. The lowest BCUT2D eigenvalue weighted by Crippen LogP contribution is -2.51. The zero-order valence-corrected chi connectivity index (χ0v) is 18.0. The zero-order chi connectivity index (χ0) is 21.9. The van der Waals surface area contributed by atoms with Crippen LogP contribution in [0.4, 0.5) is 4.39 Å². The van der Waals surface area contributed by atoms with Crippen molar-refractivity contribution in [3.05, 3.63) is 77.8 Å². The summed E-state index contributed by atoms with van der Waals surface area (Å²) in [5.41, 5.74) is 2.29. The molecule has 1 saturated heterocycles. The van der Waals surface area contributed by atoms with Crippen LogP contribution in [0, 0.1) is 5.82 Å². The first-order valence-electron chi connectivity index (χ1n) is 11.3. The van der Waals surface area contributed by atoms with Crippen LogP contribution < -0.4 is 10.1 Å². The number of halogens is 1. The summed E-state index contributed by atoms with van der Waals surface area (Å²) in [6, 6.07) is 15.8. The van der Waals surface area contributed by atoms with E-state index in [1.165, 1.54) is 22.8 Å². The Kier molecular flexibility index (Phi) is 6.21. The summed E-state index contributed by atoms with van der Waals surface area (Å²) in [5.74, 6) is 1.15. The predicted molar refractivity (Wildman–Crippen MR) is 121 cm³/mol. The first-order chi connectivity index (χ1) is 15.7. The molecule has 168 valence electrons. The third-order valence-corrected chi connectivity index (χ3v) is 6.50. The minimum Gasteiger partial charge on any atom is -0.489 e. The average Bonchev–Trinajstić information content (AvgIpc) is 3.59. The highest BCUT2D eigenvalue weighted by molar-refractivity contribution is 5.71. The van der Waals surface area contributed by atoms with Crippen molar-refractivity contribution in [2.45, 2.75) is 50.2 Å². The normalized spacial score (nSPS) is 25.8. The van der Waals surface area contributed by atoms with Crippen LogP contribution in [0.5, 0.6) is 5.75 Å². The molecular formula is C25H29FN4O2. The maximum absolute atomic E-state index is 13.0. The van der Waals surface area contributed by atoms with Crippen LogP contribution in [0.1, 0.15) is 36.3 Å².